The fourth-order valence-electron chi connectivity index (χ4n) is 2.78. The number of hydrogen-bond donors (Lipinski definition) is 2. The topological polar surface area (TPSA) is 85.2 Å². The van der Waals surface area contributed by atoms with Gasteiger partial charge in [-0.3, -0.25) is 0 Å². The fourth-order valence-corrected chi connectivity index (χ4v) is 2.99. The molecule has 0 spiro atoms. The Morgan fingerprint density at radius 2 is 1.19 bits per heavy atom. The van der Waals surface area contributed by atoms with Gasteiger partial charge in [-0.1, -0.05) is 84.0 Å². The number of hydrogen-bond acceptors (Lipinski definition) is 4. The van der Waals surface area contributed by atoms with Gasteiger partial charge in [0.05, 0.1) is 0 Å². The third-order valence-corrected chi connectivity index (χ3v) is 4.42. The molecule has 26 heavy (non-hydrogen) atoms. The summed E-state index contributed by atoms with van der Waals surface area (Å²) in [6.45, 7) is 4.46. The summed E-state index contributed by atoms with van der Waals surface area (Å²) in [4.78, 5) is 21.9. The van der Waals surface area contributed by atoms with E-state index < -0.39 is 14.1 Å². The summed E-state index contributed by atoms with van der Waals surface area (Å²) >= 11 is 0. The van der Waals surface area contributed by atoms with E-state index in [9.17, 15) is 4.57 Å². The molecule has 0 radical (unpaired) electrons. The van der Waals surface area contributed by atoms with Gasteiger partial charge in [0.1, 0.15) is 0 Å². The van der Waals surface area contributed by atoms with E-state index in [1.165, 1.54) is 70.6 Å². The molecule has 0 aliphatic heterocycles. The van der Waals surface area contributed by atoms with Crippen molar-refractivity contribution in [2.45, 2.75) is 110 Å². The second-order valence-corrected chi connectivity index (χ2v) is 7.71. The zero-order valence-electron chi connectivity index (χ0n) is 16.2. The second-order valence-electron chi connectivity index (χ2n) is 6.58. The van der Waals surface area contributed by atoms with Crippen molar-refractivity contribution in [2.75, 3.05) is 6.61 Å². The summed E-state index contributed by atoms with van der Waals surface area (Å²) < 4.78 is 19.9. The van der Waals surface area contributed by atoms with E-state index in [4.69, 9.17) is 14.5 Å². The van der Waals surface area contributed by atoms with Crippen LogP contribution >= 0.6 is 7.82 Å². The molecule has 0 bridgehead atoms. The molecule has 0 aromatic carbocycles. The van der Waals surface area contributed by atoms with Gasteiger partial charge in [0.25, 0.3) is 0 Å². The first kappa shape index (κ1) is 29.2. The van der Waals surface area contributed by atoms with Gasteiger partial charge in [0.2, 0.25) is 0 Å². The summed E-state index contributed by atoms with van der Waals surface area (Å²) in [7, 11) is -4.62. The zero-order valence-corrected chi connectivity index (χ0v) is 17.1. The maximum atomic E-state index is 10.6. The van der Waals surface area contributed by atoms with Gasteiger partial charge < -0.3 is 14.5 Å². The Balaban J connectivity index is 0. The minimum atomic E-state index is -4.62. The van der Waals surface area contributed by atoms with E-state index in [-0.39, 0.29) is 29.6 Å². The summed E-state index contributed by atoms with van der Waals surface area (Å²) in [6.07, 6.45) is 16.4. The zero-order chi connectivity index (χ0) is 18.8. The van der Waals surface area contributed by atoms with Crippen molar-refractivity contribution in [2.24, 2.45) is 0 Å². The maximum absolute atomic E-state index is 10.6. The summed E-state index contributed by atoms with van der Waals surface area (Å²) in [5, 5.41) is 0. The minimum absolute atomic E-state index is 0. The van der Waals surface area contributed by atoms with E-state index in [0.29, 0.717) is 13.0 Å². The van der Waals surface area contributed by atoms with Crippen molar-refractivity contribution in [3.63, 3.8) is 0 Å². The van der Waals surface area contributed by atoms with Crippen LogP contribution < -0.4 is 0 Å². The van der Waals surface area contributed by atoms with Gasteiger partial charge in [-0.05, 0) is 13.3 Å². The molecular formula is C18H40NaO6P. The molecule has 1 atom stereocenters. The van der Waals surface area contributed by atoms with Crippen LogP contribution in [0.25, 0.3) is 0 Å². The average molecular weight is 406 g/mol. The van der Waals surface area contributed by atoms with Gasteiger partial charge in [0.15, 0.2) is 6.29 Å². The SMILES string of the molecule is CCCCCCCCCCCCCCCC(OCC)OOP(=O)(O)O.[NaH]. The molecule has 6 nitrogen and oxygen atoms in total. The molecule has 0 fully saturated rings. The van der Waals surface area contributed by atoms with E-state index in [2.05, 4.69) is 16.5 Å². The molecule has 0 aliphatic rings. The molecule has 2 N–H and O–H groups in total. The van der Waals surface area contributed by atoms with Crippen molar-refractivity contribution >= 4 is 37.4 Å². The van der Waals surface area contributed by atoms with Crippen molar-refractivity contribution in [3.8, 4) is 0 Å². The molecule has 8 heteroatoms. The predicted molar refractivity (Wildman–Crippen MR) is 107 cm³/mol. The van der Waals surface area contributed by atoms with Crippen molar-refractivity contribution < 1.29 is 28.7 Å². The quantitative estimate of drug-likeness (QED) is 0.0764. The Bertz CT molecular complexity index is 327. The number of phosphoric acid groups is 1. The third kappa shape index (κ3) is 23.1. The first-order valence-electron chi connectivity index (χ1n) is 10.0. The van der Waals surface area contributed by atoms with Gasteiger partial charge in [-0.2, -0.15) is 4.89 Å². The molecular weight excluding hydrogens is 366 g/mol. The van der Waals surface area contributed by atoms with Crippen LogP contribution in [0.3, 0.4) is 0 Å². The first-order valence-corrected chi connectivity index (χ1v) is 11.5. The average Bonchev–Trinajstić information content (AvgIpc) is 2.56. The Hall–Kier alpha value is 1.03. The van der Waals surface area contributed by atoms with Crippen LogP contribution in [-0.2, 0) is 18.9 Å². The van der Waals surface area contributed by atoms with Gasteiger partial charge in [0, 0.05) is 13.0 Å². The van der Waals surface area contributed by atoms with Crippen molar-refractivity contribution in [1.82, 2.24) is 0 Å². The predicted octanol–water partition coefficient (Wildman–Crippen LogP) is 5.22. The second kappa shape index (κ2) is 20.8. The Morgan fingerprint density at radius 1 is 0.769 bits per heavy atom. The van der Waals surface area contributed by atoms with Crippen molar-refractivity contribution in [1.29, 1.82) is 0 Å². The van der Waals surface area contributed by atoms with Crippen LogP contribution in [0.5, 0.6) is 0 Å². The summed E-state index contributed by atoms with van der Waals surface area (Å²) in [5.41, 5.74) is 0. The number of unbranched alkanes of at least 4 members (excludes halogenated alkanes) is 12. The summed E-state index contributed by atoms with van der Waals surface area (Å²) in [5.74, 6) is 0. The Kier molecular flexibility index (Phi) is 23.3. The molecule has 0 saturated carbocycles. The van der Waals surface area contributed by atoms with Gasteiger partial charge >= 0.3 is 37.4 Å². The van der Waals surface area contributed by atoms with Crippen LogP contribution in [0.1, 0.15) is 104 Å². The van der Waals surface area contributed by atoms with Crippen molar-refractivity contribution in [3.05, 3.63) is 0 Å². The molecule has 0 aliphatic carbocycles. The third-order valence-electron chi connectivity index (χ3n) is 4.14. The molecule has 0 aromatic rings. The first-order chi connectivity index (χ1) is 12.0. The van der Waals surface area contributed by atoms with Gasteiger partial charge in [-0.25, -0.2) is 4.57 Å². The molecule has 1 unspecified atom stereocenters. The monoisotopic (exact) mass is 406 g/mol. The van der Waals surface area contributed by atoms with Crippen LogP contribution in [-0.4, -0.2) is 52.2 Å². The van der Waals surface area contributed by atoms with Crippen LogP contribution in [0.4, 0.5) is 0 Å². The van der Waals surface area contributed by atoms with Crippen LogP contribution in [0, 0.1) is 0 Å². The van der Waals surface area contributed by atoms with E-state index in [1.807, 2.05) is 0 Å². The molecule has 154 valence electrons. The van der Waals surface area contributed by atoms with Crippen LogP contribution in [0.2, 0.25) is 0 Å². The standard InChI is InChI=1S/C18H39O6P.Na.H/c1-3-5-6-7-8-9-10-11-12-13-14-15-16-17-18(22-4-2)23-24-25(19,20)21;;/h18H,3-17H2,1-2H3,(H2,19,20,21);;. The molecule has 0 heterocycles. The van der Waals surface area contributed by atoms with Gasteiger partial charge in [-0.15, -0.1) is 4.67 Å². The fraction of sp³-hybridized carbons (Fsp3) is 1.00. The number of ether oxygens (including phenoxy) is 1. The number of rotatable bonds is 19. The van der Waals surface area contributed by atoms with E-state index in [0.717, 1.165) is 12.8 Å². The van der Waals surface area contributed by atoms with Crippen LogP contribution in [0.15, 0.2) is 0 Å². The molecule has 0 saturated heterocycles. The summed E-state index contributed by atoms with van der Waals surface area (Å²) in [6, 6.07) is 0. The Morgan fingerprint density at radius 3 is 1.58 bits per heavy atom. The van der Waals surface area contributed by atoms with E-state index in [1.54, 1.807) is 6.92 Å². The molecule has 0 rings (SSSR count). The Labute approximate surface area is 182 Å². The molecule has 0 amide bonds. The normalized spacial score (nSPS) is 12.8. The van der Waals surface area contributed by atoms with E-state index >= 15 is 0 Å². The molecule has 0 aromatic heterocycles.